The Kier molecular flexibility index (Phi) is 4.16. The molecular weight excluding hydrogens is 244 g/mol. The summed E-state index contributed by atoms with van der Waals surface area (Å²) in [5, 5.41) is 8.92. The fourth-order valence-corrected chi connectivity index (χ4v) is 2.16. The normalized spacial score (nSPS) is 16.4. The summed E-state index contributed by atoms with van der Waals surface area (Å²) < 4.78 is 0. The highest BCUT2D eigenvalue weighted by Gasteiger charge is 2.19. The predicted molar refractivity (Wildman–Crippen MR) is 71.2 cm³/mol. The molecule has 0 spiro atoms. The lowest BCUT2D eigenvalue weighted by molar-refractivity contribution is -0.132. The van der Waals surface area contributed by atoms with E-state index >= 15 is 0 Å². The summed E-state index contributed by atoms with van der Waals surface area (Å²) in [4.78, 5) is 27.0. The van der Waals surface area contributed by atoms with Crippen LogP contribution in [0.4, 0.5) is 0 Å². The van der Waals surface area contributed by atoms with Crippen molar-refractivity contribution in [2.45, 2.75) is 6.42 Å². The molecule has 19 heavy (non-hydrogen) atoms. The number of likely N-dealkylation sites (N-methyl/N-ethyl adjacent to an activating group) is 1. The molecule has 0 unspecified atom stereocenters. The first-order chi connectivity index (χ1) is 9.06. The Hall–Kier alpha value is -1.88. The highest BCUT2D eigenvalue weighted by molar-refractivity contribution is 5.88. The number of benzene rings is 1. The Morgan fingerprint density at radius 3 is 2.53 bits per heavy atom. The van der Waals surface area contributed by atoms with E-state index in [4.69, 9.17) is 5.11 Å². The molecule has 0 aromatic heterocycles. The van der Waals surface area contributed by atoms with Gasteiger partial charge in [-0.1, -0.05) is 12.1 Å². The predicted octanol–water partition coefficient (Wildman–Crippen LogP) is 0.701. The maximum atomic E-state index is 12.1. The first-order valence-corrected chi connectivity index (χ1v) is 6.35. The first-order valence-electron chi connectivity index (χ1n) is 6.35. The molecule has 1 amide bonds. The van der Waals surface area contributed by atoms with Crippen LogP contribution in [-0.2, 0) is 11.2 Å². The number of rotatable bonds is 3. The number of carboxylic acid groups (broad SMARTS) is 1. The Bertz CT molecular complexity index is 479. The second kappa shape index (κ2) is 5.84. The zero-order valence-corrected chi connectivity index (χ0v) is 11.0. The van der Waals surface area contributed by atoms with Crippen molar-refractivity contribution >= 4 is 11.9 Å². The van der Waals surface area contributed by atoms with Crippen LogP contribution in [0.1, 0.15) is 15.9 Å². The molecule has 5 nitrogen and oxygen atoms in total. The number of carbonyl (C=O) groups is 2. The van der Waals surface area contributed by atoms with Gasteiger partial charge in [0.25, 0.3) is 0 Å². The molecule has 1 heterocycles. The standard InChI is InChI=1S/C14H18N2O3/c1-15-5-7-16(8-6-15)13(17)10-11-3-2-4-12(9-11)14(18)19/h2-4,9H,5-8,10H2,1H3,(H,18,19). The van der Waals surface area contributed by atoms with Crippen LogP contribution in [0.2, 0.25) is 0 Å². The molecule has 1 aliphatic rings. The lowest BCUT2D eigenvalue weighted by Crippen LogP contribution is -2.47. The number of nitrogens with zero attached hydrogens (tertiary/aromatic N) is 2. The Balaban J connectivity index is 1.98. The second-order valence-corrected chi connectivity index (χ2v) is 4.87. The minimum Gasteiger partial charge on any atom is -0.478 e. The van der Waals surface area contributed by atoms with Gasteiger partial charge in [0.1, 0.15) is 0 Å². The smallest absolute Gasteiger partial charge is 0.335 e. The Morgan fingerprint density at radius 2 is 1.89 bits per heavy atom. The molecule has 102 valence electrons. The van der Waals surface area contributed by atoms with Crippen LogP contribution in [0, 0.1) is 0 Å². The van der Waals surface area contributed by atoms with Gasteiger partial charge in [-0.05, 0) is 24.7 Å². The van der Waals surface area contributed by atoms with E-state index in [9.17, 15) is 9.59 Å². The molecule has 2 rings (SSSR count). The molecule has 1 N–H and O–H groups in total. The molecule has 1 aromatic rings. The minimum absolute atomic E-state index is 0.0654. The molecule has 1 saturated heterocycles. The van der Waals surface area contributed by atoms with Crippen LogP contribution < -0.4 is 0 Å². The average Bonchev–Trinajstić information content (AvgIpc) is 2.39. The number of carbonyl (C=O) groups excluding carboxylic acids is 1. The van der Waals surface area contributed by atoms with Crippen molar-refractivity contribution in [1.29, 1.82) is 0 Å². The van der Waals surface area contributed by atoms with Crippen LogP contribution in [-0.4, -0.2) is 60.0 Å². The van der Waals surface area contributed by atoms with Crippen LogP contribution in [0.15, 0.2) is 24.3 Å². The van der Waals surface area contributed by atoms with E-state index in [2.05, 4.69) is 4.90 Å². The van der Waals surface area contributed by atoms with Gasteiger partial charge in [-0.25, -0.2) is 4.79 Å². The van der Waals surface area contributed by atoms with E-state index in [1.165, 1.54) is 6.07 Å². The van der Waals surface area contributed by atoms with Crippen LogP contribution in [0.25, 0.3) is 0 Å². The second-order valence-electron chi connectivity index (χ2n) is 4.87. The number of hydrogen-bond acceptors (Lipinski definition) is 3. The van der Waals surface area contributed by atoms with Gasteiger partial charge in [-0.15, -0.1) is 0 Å². The number of aromatic carboxylic acids is 1. The van der Waals surface area contributed by atoms with Crippen molar-refractivity contribution in [1.82, 2.24) is 9.80 Å². The van der Waals surface area contributed by atoms with Gasteiger partial charge < -0.3 is 14.9 Å². The summed E-state index contributed by atoms with van der Waals surface area (Å²) in [5.74, 6) is -0.899. The molecule has 0 aliphatic carbocycles. The molecular formula is C14H18N2O3. The van der Waals surface area contributed by atoms with Gasteiger partial charge in [-0.3, -0.25) is 4.79 Å². The SMILES string of the molecule is CN1CCN(C(=O)Cc2cccc(C(=O)O)c2)CC1. The van der Waals surface area contributed by atoms with Gasteiger partial charge in [0, 0.05) is 26.2 Å². The first kappa shape index (κ1) is 13.5. The third-order valence-electron chi connectivity index (χ3n) is 3.39. The van der Waals surface area contributed by atoms with Crippen molar-refractivity contribution in [3.05, 3.63) is 35.4 Å². The zero-order chi connectivity index (χ0) is 13.8. The van der Waals surface area contributed by atoms with E-state index in [0.29, 0.717) is 0 Å². The minimum atomic E-state index is -0.964. The summed E-state index contributed by atoms with van der Waals surface area (Å²) in [7, 11) is 2.04. The summed E-state index contributed by atoms with van der Waals surface area (Å²) in [6.07, 6.45) is 0.269. The zero-order valence-electron chi connectivity index (χ0n) is 11.0. The van der Waals surface area contributed by atoms with Gasteiger partial charge in [0.05, 0.1) is 12.0 Å². The fourth-order valence-electron chi connectivity index (χ4n) is 2.16. The fraction of sp³-hybridized carbons (Fsp3) is 0.429. The number of amides is 1. The van der Waals surface area contributed by atoms with E-state index in [1.54, 1.807) is 18.2 Å². The summed E-state index contributed by atoms with van der Waals surface area (Å²) >= 11 is 0. The molecule has 0 saturated carbocycles. The highest BCUT2D eigenvalue weighted by Crippen LogP contribution is 2.09. The topological polar surface area (TPSA) is 60.9 Å². The summed E-state index contributed by atoms with van der Waals surface area (Å²) in [5.41, 5.74) is 0.979. The van der Waals surface area contributed by atoms with Crippen LogP contribution in [0.3, 0.4) is 0 Å². The molecule has 0 radical (unpaired) electrons. The quantitative estimate of drug-likeness (QED) is 0.871. The Morgan fingerprint density at radius 1 is 1.21 bits per heavy atom. The third-order valence-corrected chi connectivity index (χ3v) is 3.39. The van der Waals surface area contributed by atoms with Crippen LogP contribution >= 0.6 is 0 Å². The molecule has 5 heteroatoms. The number of carboxylic acids is 1. The number of hydrogen-bond donors (Lipinski definition) is 1. The molecule has 0 bridgehead atoms. The monoisotopic (exact) mass is 262 g/mol. The largest absolute Gasteiger partial charge is 0.478 e. The third kappa shape index (κ3) is 3.54. The van der Waals surface area contributed by atoms with Crippen LogP contribution in [0.5, 0.6) is 0 Å². The average molecular weight is 262 g/mol. The van der Waals surface area contributed by atoms with E-state index < -0.39 is 5.97 Å². The molecule has 0 atom stereocenters. The Labute approximate surface area is 112 Å². The van der Waals surface area contributed by atoms with E-state index in [0.717, 1.165) is 31.7 Å². The maximum absolute atomic E-state index is 12.1. The van der Waals surface area contributed by atoms with Gasteiger partial charge in [0.2, 0.25) is 5.91 Å². The van der Waals surface area contributed by atoms with Crippen molar-refractivity contribution in [2.24, 2.45) is 0 Å². The van der Waals surface area contributed by atoms with Crippen molar-refractivity contribution in [3.63, 3.8) is 0 Å². The van der Waals surface area contributed by atoms with E-state index in [-0.39, 0.29) is 17.9 Å². The van der Waals surface area contributed by atoms with Gasteiger partial charge in [0.15, 0.2) is 0 Å². The maximum Gasteiger partial charge on any atom is 0.335 e. The van der Waals surface area contributed by atoms with Crippen molar-refractivity contribution in [2.75, 3.05) is 33.2 Å². The highest BCUT2D eigenvalue weighted by atomic mass is 16.4. The molecule has 1 aliphatic heterocycles. The lowest BCUT2D eigenvalue weighted by atomic mass is 10.1. The molecule has 1 fully saturated rings. The molecule has 1 aromatic carbocycles. The van der Waals surface area contributed by atoms with Gasteiger partial charge in [-0.2, -0.15) is 0 Å². The van der Waals surface area contributed by atoms with E-state index in [1.807, 2.05) is 11.9 Å². The summed E-state index contributed by atoms with van der Waals surface area (Å²) in [6, 6.07) is 6.57. The lowest BCUT2D eigenvalue weighted by Gasteiger charge is -2.32. The van der Waals surface area contributed by atoms with Crippen molar-refractivity contribution < 1.29 is 14.7 Å². The van der Waals surface area contributed by atoms with Crippen molar-refractivity contribution in [3.8, 4) is 0 Å². The van der Waals surface area contributed by atoms with Gasteiger partial charge >= 0.3 is 5.97 Å². The summed E-state index contributed by atoms with van der Waals surface area (Å²) in [6.45, 7) is 3.27. The number of piperazine rings is 1.